The van der Waals surface area contributed by atoms with Crippen LogP contribution in [0.25, 0.3) is 0 Å². The molecule has 0 bridgehead atoms. The number of pyridine rings is 2. The lowest BCUT2D eigenvalue weighted by Gasteiger charge is -2.20. The van der Waals surface area contributed by atoms with E-state index in [2.05, 4.69) is 64.0 Å². The molecule has 3 rings (SSSR count). The number of hydrogen-bond donors (Lipinski definition) is 0. The monoisotopic (exact) mass is 408 g/mol. The zero-order valence-corrected chi connectivity index (χ0v) is 14.5. The fourth-order valence-electron chi connectivity index (χ4n) is 2.21. The molecule has 108 valence electrons. The number of hydrogen-bond acceptors (Lipinski definition) is 4. The van der Waals surface area contributed by atoms with Gasteiger partial charge in [0.1, 0.15) is 9.21 Å². The van der Waals surface area contributed by atoms with Gasteiger partial charge in [0.25, 0.3) is 0 Å². The van der Waals surface area contributed by atoms with Crippen LogP contribution < -0.4 is 0 Å². The van der Waals surface area contributed by atoms with Gasteiger partial charge in [-0.1, -0.05) is 12.1 Å². The topological polar surface area (TPSA) is 32.3 Å². The van der Waals surface area contributed by atoms with Crippen LogP contribution >= 0.6 is 31.9 Å². The molecule has 1 aliphatic heterocycles. The Morgan fingerprint density at radius 3 is 1.71 bits per heavy atom. The third kappa shape index (κ3) is 4.04. The molecular formula is C15H14Br2N4. The quantitative estimate of drug-likeness (QED) is 0.720. The minimum absolute atomic E-state index is 0.804. The van der Waals surface area contributed by atoms with Crippen molar-refractivity contribution in [2.45, 2.75) is 13.1 Å². The van der Waals surface area contributed by atoms with E-state index in [-0.39, 0.29) is 0 Å². The Morgan fingerprint density at radius 1 is 0.810 bits per heavy atom. The second-order valence-corrected chi connectivity index (χ2v) is 6.46. The van der Waals surface area contributed by atoms with Crippen molar-refractivity contribution in [1.82, 2.24) is 19.8 Å². The summed E-state index contributed by atoms with van der Waals surface area (Å²) in [5.74, 6) is 0. The normalized spacial score (nSPS) is 14.0. The molecule has 21 heavy (non-hydrogen) atoms. The van der Waals surface area contributed by atoms with Crippen molar-refractivity contribution in [2.75, 3.05) is 6.67 Å². The third-order valence-corrected chi connectivity index (χ3v) is 4.01. The fourth-order valence-corrected chi connectivity index (χ4v) is 2.98. The lowest BCUT2D eigenvalue weighted by Crippen LogP contribution is -2.25. The van der Waals surface area contributed by atoms with E-state index >= 15 is 0 Å². The predicted molar refractivity (Wildman–Crippen MR) is 89.0 cm³/mol. The first-order chi connectivity index (χ1) is 10.2. The van der Waals surface area contributed by atoms with Crippen LogP contribution in [-0.2, 0) is 13.1 Å². The molecule has 0 radical (unpaired) electrons. The first-order valence-corrected chi connectivity index (χ1v) is 8.17. The van der Waals surface area contributed by atoms with Crippen molar-refractivity contribution < 1.29 is 0 Å². The molecule has 0 amide bonds. The zero-order chi connectivity index (χ0) is 14.7. The van der Waals surface area contributed by atoms with E-state index in [1.165, 1.54) is 0 Å². The molecule has 2 aromatic rings. The molecule has 0 atom stereocenters. The number of halogens is 2. The van der Waals surface area contributed by atoms with E-state index < -0.39 is 0 Å². The van der Waals surface area contributed by atoms with Gasteiger partial charge < -0.3 is 9.80 Å². The first kappa shape index (κ1) is 14.5. The molecule has 1 aliphatic rings. The van der Waals surface area contributed by atoms with Crippen molar-refractivity contribution in [2.24, 2.45) is 0 Å². The summed E-state index contributed by atoms with van der Waals surface area (Å²) in [7, 11) is 0. The Balaban J connectivity index is 1.57. The molecule has 0 aliphatic carbocycles. The van der Waals surface area contributed by atoms with E-state index in [1.807, 2.05) is 36.4 Å². The summed E-state index contributed by atoms with van der Waals surface area (Å²) < 4.78 is 1.75. The third-order valence-electron chi connectivity index (χ3n) is 3.13. The van der Waals surface area contributed by atoms with Crippen LogP contribution in [0.5, 0.6) is 0 Å². The molecule has 0 aromatic carbocycles. The summed E-state index contributed by atoms with van der Waals surface area (Å²) in [6, 6.07) is 12.0. The molecule has 2 aromatic heterocycles. The average Bonchev–Trinajstić information content (AvgIpc) is 2.86. The van der Waals surface area contributed by atoms with Crippen LogP contribution in [0.2, 0.25) is 0 Å². The van der Waals surface area contributed by atoms with Gasteiger partial charge in [0.2, 0.25) is 0 Å². The summed E-state index contributed by atoms with van der Waals surface area (Å²) >= 11 is 6.81. The van der Waals surface area contributed by atoms with E-state index in [0.717, 1.165) is 40.4 Å². The SMILES string of the molecule is Brc1cccc(CN2C=CN(Cc3cccc(Br)n3)C2)n1. The molecule has 0 spiro atoms. The lowest BCUT2D eigenvalue weighted by atomic mass is 10.3. The van der Waals surface area contributed by atoms with E-state index in [9.17, 15) is 0 Å². The van der Waals surface area contributed by atoms with Crippen LogP contribution in [0, 0.1) is 0 Å². The van der Waals surface area contributed by atoms with Gasteiger partial charge in [-0.15, -0.1) is 0 Å². The Bertz CT molecular complexity index is 604. The van der Waals surface area contributed by atoms with Crippen molar-refractivity contribution in [3.63, 3.8) is 0 Å². The van der Waals surface area contributed by atoms with Gasteiger partial charge in [-0.3, -0.25) is 0 Å². The van der Waals surface area contributed by atoms with Gasteiger partial charge in [-0.2, -0.15) is 0 Å². The van der Waals surface area contributed by atoms with Crippen molar-refractivity contribution in [1.29, 1.82) is 0 Å². The highest BCUT2D eigenvalue weighted by atomic mass is 79.9. The van der Waals surface area contributed by atoms with E-state index in [1.54, 1.807) is 0 Å². The summed E-state index contributed by atoms with van der Waals surface area (Å²) in [5, 5.41) is 0. The fraction of sp³-hybridized carbons (Fsp3) is 0.200. The Kier molecular flexibility index (Phi) is 4.55. The number of aromatic nitrogens is 2. The molecule has 0 unspecified atom stereocenters. The van der Waals surface area contributed by atoms with E-state index in [4.69, 9.17) is 0 Å². The highest BCUT2D eigenvalue weighted by Gasteiger charge is 2.14. The molecule has 0 saturated heterocycles. The van der Waals surface area contributed by atoms with E-state index in [0.29, 0.717) is 0 Å². The standard InChI is InChI=1S/C15H14Br2N4/c16-14-5-1-3-12(18-14)9-20-7-8-21(11-20)10-13-4-2-6-15(17)19-13/h1-8H,9-11H2. The molecule has 6 heteroatoms. The first-order valence-electron chi connectivity index (χ1n) is 6.58. The predicted octanol–water partition coefficient (Wildman–Crippen LogP) is 3.75. The maximum atomic E-state index is 4.46. The average molecular weight is 410 g/mol. The van der Waals surface area contributed by atoms with Gasteiger partial charge in [0.15, 0.2) is 0 Å². The zero-order valence-electron chi connectivity index (χ0n) is 11.3. The van der Waals surface area contributed by atoms with Crippen LogP contribution in [0.1, 0.15) is 11.4 Å². The largest absolute Gasteiger partial charge is 0.353 e. The highest BCUT2D eigenvalue weighted by Crippen LogP contribution is 2.15. The Morgan fingerprint density at radius 2 is 1.29 bits per heavy atom. The minimum atomic E-state index is 0.804. The second-order valence-electron chi connectivity index (χ2n) is 4.84. The molecule has 3 heterocycles. The molecule has 0 N–H and O–H groups in total. The summed E-state index contributed by atoms with van der Waals surface area (Å²) in [6.07, 6.45) is 4.20. The van der Waals surface area contributed by atoms with Crippen LogP contribution in [0.15, 0.2) is 58.0 Å². The van der Waals surface area contributed by atoms with Crippen LogP contribution in [-0.4, -0.2) is 26.4 Å². The Labute approximate surface area is 140 Å². The van der Waals surface area contributed by atoms with Crippen molar-refractivity contribution >= 4 is 31.9 Å². The molecular weight excluding hydrogens is 396 g/mol. The van der Waals surface area contributed by atoms with Crippen LogP contribution in [0.4, 0.5) is 0 Å². The van der Waals surface area contributed by atoms with Gasteiger partial charge in [-0.05, 0) is 56.1 Å². The van der Waals surface area contributed by atoms with Crippen molar-refractivity contribution in [3.8, 4) is 0 Å². The molecule has 0 fully saturated rings. The second kappa shape index (κ2) is 6.58. The maximum Gasteiger partial charge on any atom is 0.106 e. The number of rotatable bonds is 4. The van der Waals surface area contributed by atoms with Gasteiger partial charge in [-0.25, -0.2) is 9.97 Å². The van der Waals surface area contributed by atoms with Crippen LogP contribution in [0.3, 0.4) is 0 Å². The minimum Gasteiger partial charge on any atom is -0.353 e. The van der Waals surface area contributed by atoms with Gasteiger partial charge in [0, 0.05) is 12.4 Å². The Hall–Kier alpha value is -1.40. The number of nitrogens with zero attached hydrogens (tertiary/aromatic N) is 4. The van der Waals surface area contributed by atoms with Gasteiger partial charge >= 0.3 is 0 Å². The molecule has 0 saturated carbocycles. The summed E-state index contributed by atoms with van der Waals surface area (Å²) in [5.41, 5.74) is 2.10. The smallest absolute Gasteiger partial charge is 0.106 e. The summed E-state index contributed by atoms with van der Waals surface area (Å²) in [6.45, 7) is 2.46. The summed E-state index contributed by atoms with van der Waals surface area (Å²) in [4.78, 5) is 13.4. The maximum absolute atomic E-state index is 4.46. The van der Waals surface area contributed by atoms with Crippen molar-refractivity contribution in [3.05, 3.63) is 69.4 Å². The molecule has 4 nitrogen and oxygen atoms in total. The lowest BCUT2D eigenvalue weighted by molar-refractivity contribution is 0.251. The van der Waals surface area contributed by atoms with Gasteiger partial charge in [0.05, 0.1) is 31.1 Å². The highest BCUT2D eigenvalue weighted by molar-refractivity contribution is 9.10.